The predicted octanol–water partition coefficient (Wildman–Crippen LogP) is 13.3. The maximum absolute atomic E-state index is 5.86. The standard InChI is InChI=1S/C57H45N5/c1-35-19-14-15-28-44(35)53-50-36(2)48-45-29-16-17-30-46(45)58-52(38-20-8-5-9-21-38)49(48)37(3)51(50)57(4)32-31-42(34-47(57)59-53)41-26-18-27-43(33-41)56-61-54(39-22-10-6-11-23-39)60-55(62-56)40-24-12-7-13-25-40/h5-35,44,47H,1-4H3. The van der Waals surface area contributed by atoms with Crippen LogP contribution >= 0.6 is 0 Å². The largest absolute Gasteiger partial charge is 0.280 e. The Hall–Kier alpha value is -7.37. The van der Waals surface area contributed by atoms with Crippen molar-refractivity contribution in [3.05, 3.63) is 210 Å². The number of benzene rings is 6. The molecule has 3 aliphatic rings. The number of rotatable bonds is 6. The zero-order valence-corrected chi connectivity index (χ0v) is 35.3. The summed E-state index contributed by atoms with van der Waals surface area (Å²) < 4.78 is 0. The van der Waals surface area contributed by atoms with Crippen molar-refractivity contribution in [3.63, 3.8) is 0 Å². The average molecular weight is 800 g/mol. The van der Waals surface area contributed by atoms with Crippen LogP contribution in [-0.2, 0) is 5.41 Å². The Bertz CT molecular complexity index is 3180. The highest BCUT2D eigenvalue weighted by Gasteiger charge is 2.45. The third kappa shape index (κ3) is 6.18. The van der Waals surface area contributed by atoms with Crippen molar-refractivity contribution in [3.8, 4) is 45.4 Å². The quantitative estimate of drug-likeness (QED) is 0.157. The normalized spacial score (nSPS) is 20.2. The molecule has 4 unspecified atom stereocenters. The minimum absolute atomic E-state index is 0.132. The van der Waals surface area contributed by atoms with E-state index in [0.717, 1.165) is 50.3 Å². The maximum Gasteiger partial charge on any atom is 0.164 e. The summed E-state index contributed by atoms with van der Waals surface area (Å²) in [6.45, 7) is 9.35. The molecule has 0 fully saturated rings. The van der Waals surface area contributed by atoms with Crippen LogP contribution < -0.4 is 0 Å². The molecule has 0 bridgehead atoms. The van der Waals surface area contributed by atoms with Crippen molar-refractivity contribution in [1.29, 1.82) is 0 Å². The molecule has 62 heavy (non-hydrogen) atoms. The lowest BCUT2D eigenvalue weighted by Gasteiger charge is -2.44. The second-order valence-electron chi connectivity index (χ2n) is 17.1. The van der Waals surface area contributed by atoms with Gasteiger partial charge in [-0.15, -0.1) is 0 Å². The van der Waals surface area contributed by atoms with Crippen molar-refractivity contribution in [1.82, 2.24) is 19.9 Å². The number of hydrogen-bond donors (Lipinski definition) is 0. The van der Waals surface area contributed by atoms with Crippen LogP contribution in [0.4, 0.5) is 0 Å². The Balaban J connectivity index is 1.09. The Morgan fingerprint density at radius 1 is 0.548 bits per heavy atom. The Kier molecular flexibility index (Phi) is 9.08. The highest BCUT2D eigenvalue weighted by molar-refractivity contribution is 6.19. The lowest BCUT2D eigenvalue weighted by Crippen LogP contribution is -2.43. The van der Waals surface area contributed by atoms with Gasteiger partial charge in [-0.1, -0.05) is 177 Å². The van der Waals surface area contributed by atoms with E-state index in [1.165, 1.54) is 38.4 Å². The van der Waals surface area contributed by atoms with E-state index in [1.807, 2.05) is 60.7 Å². The Morgan fingerprint density at radius 2 is 1.13 bits per heavy atom. The van der Waals surface area contributed by atoms with E-state index < -0.39 is 5.41 Å². The summed E-state index contributed by atoms with van der Waals surface area (Å²) in [6.07, 6.45) is 16.1. The van der Waals surface area contributed by atoms with E-state index in [1.54, 1.807) is 0 Å². The molecular weight excluding hydrogens is 755 g/mol. The summed E-state index contributed by atoms with van der Waals surface area (Å²) in [6, 6.07) is 48.0. The van der Waals surface area contributed by atoms with Gasteiger partial charge >= 0.3 is 0 Å². The van der Waals surface area contributed by atoms with Gasteiger partial charge in [-0.25, -0.2) is 19.9 Å². The summed E-state index contributed by atoms with van der Waals surface area (Å²) in [7, 11) is 0. The van der Waals surface area contributed by atoms with Crippen LogP contribution in [0.1, 0.15) is 41.7 Å². The van der Waals surface area contributed by atoms with Gasteiger partial charge in [-0.05, 0) is 72.0 Å². The van der Waals surface area contributed by atoms with E-state index in [0.29, 0.717) is 23.4 Å². The lowest BCUT2D eigenvalue weighted by atomic mass is 9.63. The molecule has 2 aliphatic carbocycles. The van der Waals surface area contributed by atoms with Crippen molar-refractivity contribution in [2.45, 2.75) is 39.2 Å². The van der Waals surface area contributed by atoms with Gasteiger partial charge in [0, 0.05) is 49.9 Å². The third-order valence-electron chi connectivity index (χ3n) is 13.2. The molecule has 4 atom stereocenters. The van der Waals surface area contributed by atoms with Gasteiger partial charge in [0.15, 0.2) is 17.5 Å². The van der Waals surface area contributed by atoms with Crippen LogP contribution in [0.25, 0.3) is 72.7 Å². The Labute approximate surface area is 362 Å². The molecule has 0 N–H and O–H groups in total. The first kappa shape index (κ1) is 37.6. The number of aliphatic imine (C=N–C) groups is 1. The first-order valence-corrected chi connectivity index (χ1v) is 21.6. The molecule has 0 spiro atoms. The molecule has 1 aliphatic heterocycles. The number of aromatic nitrogens is 4. The van der Waals surface area contributed by atoms with Gasteiger partial charge in [-0.3, -0.25) is 4.99 Å². The van der Waals surface area contributed by atoms with Crippen LogP contribution in [0.2, 0.25) is 0 Å². The minimum Gasteiger partial charge on any atom is -0.280 e. The summed E-state index contributed by atoms with van der Waals surface area (Å²) in [5, 5.41) is 3.66. The van der Waals surface area contributed by atoms with Crippen molar-refractivity contribution in [2.75, 3.05) is 0 Å². The molecule has 298 valence electrons. The molecule has 11 rings (SSSR count). The SMILES string of the molecule is Cc1c2c(c(C)c3c1c(-c1ccccc1)nc1ccccc13)C(C1C=CC=CC1C)=NC1C=C(c3cccc(-c4nc(-c5ccccc5)nc(-c5ccccc5)n4)c3)C=CC21C. The monoisotopic (exact) mass is 799 g/mol. The zero-order valence-electron chi connectivity index (χ0n) is 35.3. The van der Waals surface area contributed by atoms with Crippen LogP contribution in [0.3, 0.4) is 0 Å². The summed E-state index contributed by atoms with van der Waals surface area (Å²) in [5.41, 5.74) is 14.1. The van der Waals surface area contributed by atoms with E-state index in [2.05, 4.69) is 149 Å². The number of fused-ring (bicyclic) bond motifs is 6. The van der Waals surface area contributed by atoms with Gasteiger partial charge in [-0.2, -0.15) is 0 Å². The summed E-state index contributed by atoms with van der Waals surface area (Å²) >= 11 is 0. The van der Waals surface area contributed by atoms with Crippen molar-refractivity contribution < 1.29 is 0 Å². The molecule has 8 aromatic rings. The van der Waals surface area contributed by atoms with E-state index in [-0.39, 0.29) is 12.0 Å². The molecule has 0 amide bonds. The average Bonchev–Trinajstić information content (AvgIpc) is 3.33. The van der Waals surface area contributed by atoms with E-state index in [4.69, 9.17) is 24.9 Å². The molecule has 0 radical (unpaired) electrons. The third-order valence-corrected chi connectivity index (χ3v) is 13.2. The minimum atomic E-state index is -0.413. The molecule has 5 nitrogen and oxygen atoms in total. The van der Waals surface area contributed by atoms with E-state index in [9.17, 15) is 0 Å². The summed E-state index contributed by atoms with van der Waals surface area (Å²) in [4.78, 5) is 26.3. The molecule has 6 aromatic carbocycles. The highest BCUT2D eigenvalue weighted by Crippen LogP contribution is 2.51. The predicted molar refractivity (Wildman–Crippen MR) is 256 cm³/mol. The first-order valence-electron chi connectivity index (χ1n) is 21.6. The number of nitrogens with zero attached hydrogens (tertiary/aromatic N) is 5. The smallest absolute Gasteiger partial charge is 0.164 e. The van der Waals surface area contributed by atoms with Gasteiger partial charge in [0.05, 0.1) is 23.0 Å². The van der Waals surface area contributed by atoms with Gasteiger partial charge in [0.1, 0.15) is 0 Å². The van der Waals surface area contributed by atoms with Crippen LogP contribution in [0.5, 0.6) is 0 Å². The van der Waals surface area contributed by atoms with E-state index >= 15 is 0 Å². The molecule has 0 saturated heterocycles. The topological polar surface area (TPSA) is 63.9 Å². The van der Waals surface area contributed by atoms with Gasteiger partial charge < -0.3 is 0 Å². The zero-order chi connectivity index (χ0) is 42.0. The lowest BCUT2D eigenvalue weighted by molar-refractivity contribution is 0.502. The second kappa shape index (κ2) is 15.0. The van der Waals surface area contributed by atoms with Crippen LogP contribution in [0, 0.1) is 25.7 Å². The first-order chi connectivity index (χ1) is 30.4. The molecule has 0 saturated carbocycles. The van der Waals surface area contributed by atoms with Crippen LogP contribution in [0.15, 0.2) is 187 Å². The van der Waals surface area contributed by atoms with Crippen molar-refractivity contribution in [2.24, 2.45) is 16.8 Å². The van der Waals surface area contributed by atoms with Crippen molar-refractivity contribution >= 4 is 33.0 Å². The number of pyridine rings is 1. The summed E-state index contributed by atoms with van der Waals surface area (Å²) in [5.74, 6) is 2.35. The Morgan fingerprint density at radius 3 is 1.81 bits per heavy atom. The fourth-order valence-corrected chi connectivity index (χ4v) is 10.0. The number of hydrogen-bond acceptors (Lipinski definition) is 5. The van der Waals surface area contributed by atoms with Gasteiger partial charge in [0.2, 0.25) is 0 Å². The highest BCUT2D eigenvalue weighted by atomic mass is 15.0. The fraction of sp³-hybridized carbons (Fsp3) is 0.140. The molecular formula is C57H45N5. The maximum atomic E-state index is 5.86. The number of para-hydroxylation sites is 1. The van der Waals surface area contributed by atoms with Crippen LogP contribution in [-0.4, -0.2) is 31.7 Å². The second-order valence-corrected chi connectivity index (χ2v) is 17.1. The molecule has 3 heterocycles. The number of allylic oxidation sites excluding steroid dienone is 6. The fourth-order valence-electron chi connectivity index (χ4n) is 10.0. The molecule has 5 heteroatoms. The molecule has 2 aromatic heterocycles. The number of aryl methyl sites for hydroxylation is 2. The van der Waals surface area contributed by atoms with Gasteiger partial charge in [0.25, 0.3) is 0 Å².